The minimum Gasteiger partial charge on any atom is -0.293 e. The van der Waals surface area contributed by atoms with Crippen LogP contribution in [0.1, 0.15) is 0 Å². The summed E-state index contributed by atoms with van der Waals surface area (Å²) in [6, 6.07) is 26.3. The second-order valence-electron chi connectivity index (χ2n) is 8.19. The Hall–Kier alpha value is -2.91. The van der Waals surface area contributed by atoms with Gasteiger partial charge in [0.05, 0.1) is 19.1 Å². The molecule has 0 aliphatic heterocycles. The summed E-state index contributed by atoms with van der Waals surface area (Å²) in [7, 11) is -1.40. The van der Waals surface area contributed by atoms with Crippen LogP contribution in [0.4, 0.5) is 0 Å². The summed E-state index contributed by atoms with van der Waals surface area (Å²) in [5.41, 5.74) is 2.41. The van der Waals surface area contributed by atoms with Gasteiger partial charge in [-0.3, -0.25) is 4.57 Å². The van der Waals surface area contributed by atoms with Gasteiger partial charge in [-0.05, 0) is 23.6 Å². The van der Waals surface area contributed by atoms with Crippen LogP contribution < -0.4 is 5.19 Å². The van der Waals surface area contributed by atoms with Crippen molar-refractivity contribution in [1.29, 1.82) is 0 Å². The van der Waals surface area contributed by atoms with Crippen molar-refractivity contribution in [3.05, 3.63) is 79.0 Å². The van der Waals surface area contributed by atoms with E-state index in [1.807, 2.05) is 6.20 Å². The summed E-state index contributed by atoms with van der Waals surface area (Å²) in [5, 5.41) is 6.47. The highest BCUT2D eigenvalue weighted by Crippen LogP contribution is 2.33. The molecule has 0 unspecified atom stereocenters. The van der Waals surface area contributed by atoms with E-state index in [9.17, 15) is 0 Å². The molecule has 0 aliphatic carbocycles. The molecule has 3 heteroatoms. The molecule has 132 valence electrons. The van der Waals surface area contributed by atoms with E-state index in [-0.39, 0.29) is 0 Å². The number of benzene rings is 3. The molecule has 0 spiro atoms. The van der Waals surface area contributed by atoms with Crippen molar-refractivity contribution in [1.82, 2.24) is 9.55 Å². The maximum absolute atomic E-state index is 4.85. The lowest BCUT2D eigenvalue weighted by Gasteiger charge is -2.18. The van der Waals surface area contributed by atoms with Gasteiger partial charge in [-0.1, -0.05) is 79.4 Å². The number of nitrogens with zero attached hydrogens (tertiary/aromatic N) is 2. The number of fused-ring (bicyclic) bond motifs is 4. The van der Waals surface area contributed by atoms with Crippen LogP contribution >= 0.6 is 0 Å². The zero-order valence-corrected chi connectivity index (χ0v) is 16.9. The van der Waals surface area contributed by atoms with Crippen molar-refractivity contribution in [2.24, 2.45) is 0 Å². The molecule has 2 heterocycles. The van der Waals surface area contributed by atoms with Crippen LogP contribution in [0.15, 0.2) is 79.0 Å². The summed E-state index contributed by atoms with van der Waals surface area (Å²) >= 11 is 0. The lowest BCUT2D eigenvalue weighted by Crippen LogP contribution is -2.37. The molecule has 0 saturated heterocycles. The van der Waals surface area contributed by atoms with Crippen molar-refractivity contribution >= 4 is 45.8 Å². The van der Waals surface area contributed by atoms with Crippen LogP contribution in [0.2, 0.25) is 19.6 Å². The standard InChI is InChI=1S/C24H22N2Si/c1-27(2,3)18-13-12-17-14-15-25-24(21(17)16-18)26-22-10-6-4-8-19(22)20-9-5-7-11-23(20)26/h4-16H,1-3H3. The molecule has 0 radical (unpaired) electrons. The monoisotopic (exact) mass is 366 g/mol. The highest BCUT2D eigenvalue weighted by molar-refractivity contribution is 6.88. The summed E-state index contributed by atoms with van der Waals surface area (Å²) in [6.07, 6.45) is 1.93. The summed E-state index contributed by atoms with van der Waals surface area (Å²) in [6.45, 7) is 7.18. The molecule has 0 saturated carbocycles. The maximum atomic E-state index is 4.85. The summed E-state index contributed by atoms with van der Waals surface area (Å²) < 4.78 is 2.32. The third kappa shape index (κ3) is 2.50. The molecule has 2 nitrogen and oxygen atoms in total. The van der Waals surface area contributed by atoms with Crippen molar-refractivity contribution in [2.75, 3.05) is 0 Å². The second-order valence-corrected chi connectivity index (χ2v) is 13.3. The molecular formula is C24H22N2Si. The lowest BCUT2D eigenvalue weighted by atomic mass is 10.1. The van der Waals surface area contributed by atoms with Gasteiger partial charge in [-0.25, -0.2) is 4.98 Å². The van der Waals surface area contributed by atoms with Gasteiger partial charge in [-0.2, -0.15) is 0 Å². The Balaban J connectivity index is 1.94. The van der Waals surface area contributed by atoms with E-state index >= 15 is 0 Å². The number of pyridine rings is 1. The largest absolute Gasteiger partial charge is 0.293 e. The fraction of sp³-hybridized carbons (Fsp3) is 0.125. The van der Waals surface area contributed by atoms with Gasteiger partial charge in [0.25, 0.3) is 0 Å². The molecule has 0 fully saturated rings. The molecule has 5 rings (SSSR count). The third-order valence-electron chi connectivity index (χ3n) is 5.40. The normalized spacial score (nSPS) is 12.3. The topological polar surface area (TPSA) is 17.8 Å². The van der Waals surface area contributed by atoms with Gasteiger partial charge < -0.3 is 0 Å². The number of rotatable bonds is 2. The molecule has 3 aromatic carbocycles. The lowest BCUT2D eigenvalue weighted by molar-refractivity contribution is 1.10. The van der Waals surface area contributed by atoms with Gasteiger partial charge in [0.1, 0.15) is 5.82 Å². The summed E-state index contributed by atoms with van der Waals surface area (Å²) in [5.74, 6) is 1.02. The van der Waals surface area contributed by atoms with Crippen molar-refractivity contribution in [3.63, 3.8) is 0 Å². The average molecular weight is 367 g/mol. The van der Waals surface area contributed by atoms with E-state index in [2.05, 4.69) is 97.0 Å². The molecule has 27 heavy (non-hydrogen) atoms. The Morgan fingerprint density at radius 3 is 1.96 bits per heavy atom. The van der Waals surface area contributed by atoms with Crippen molar-refractivity contribution < 1.29 is 0 Å². The van der Waals surface area contributed by atoms with E-state index in [1.54, 1.807) is 0 Å². The fourth-order valence-corrected chi connectivity index (χ4v) is 5.11. The maximum Gasteiger partial charge on any atom is 0.145 e. The van der Waals surface area contributed by atoms with E-state index in [4.69, 9.17) is 4.98 Å². The Kier molecular flexibility index (Phi) is 3.49. The Morgan fingerprint density at radius 1 is 0.704 bits per heavy atom. The molecule has 0 bridgehead atoms. The van der Waals surface area contributed by atoms with E-state index < -0.39 is 8.07 Å². The van der Waals surface area contributed by atoms with Gasteiger partial charge in [-0.15, -0.1) is 0 Å². The molecule has 0 atom stereocenters. The molecule has 0 aliphatic rings. The van der Waals surface area contributed by atoms with Gasteiger partial charge in [0.15, 0.2) is 0 Å². The van der Waals surface area contributed by atoms with Crippen LogP contribution in [-0.4, -0.2) is 17.6 Å². The van der Waals surface area contributed by atoms with Gasteiger partial charge in [0, 0.05) is 22.4 Å². The van der Waals surface area contributed by atoms with E-state index in [1.165, 1.54) is 37.8 Å². The predicted octanol–water partition coefficient (Wildman–Crippen LogP) is 5.88. The quantitative estimate of drug-likeness (QED) is 0.357. The van der Waals surface area contributed by atoms with Crippen molar-refractivity contribution in [3.8, 4) is 5.82 Å². The van der Waals surface area contributed by atoms with Gasteiger partial charge >= 0.3 is 0 Å². The second kappa shape index (κ2) is 5.79. The van der Waals surface area contributed by atoms with E-state index in [0.717, 1.165) is 5.82 Å². The third-order valence-corrected chi connectivity index (χ3v) is 7.45. The number of aromatic nitrogens is 2. The first-order chi connectivity index (χ1) is 13.0. The van der Waals surface area contributed by atoms with Crippen LogP contribution in [0.25, 0.3) is 38.4 Å². The molecule has 5 aromatic rings. The first-order valence-electron chi connectivity index (χ1n) is 9.42. The van der Waals surface area contributed by atoms with Crippen LogP contribution in [0, 0.1) is 0 Å². The minimum absolute atomic E-state index is 1.02. The van der Waals surface area contributed by atoms with Crippen LogP contribution in [0.3, 0.4) is 0 Å². The molecular weight excluding hydrogens is 344 g/mol. The Labute approximate surface area is 160 Å². The number of hydrogen-bond donors (Lipinski definition) is 0. The Bertz CT molecular complexity index is 1260. The Morgan fingerprint density at radius 2 is 1.33 bits per heavy atom. The summed E-state index contributed by atoms with van der Waals surface area (Å²) in [4.78, 5) is 4.85. The first kappa shape index (κ1) is 16.3. The first-order valence-corrected chi connectivity index (χ1v) is 12.9. The zero-order chi connectivity index (χ0) is 18.6. The SMILES string of the molecule is C[Si](C)(C)c1ccc2ccnc(-n3c4ccccc4c4ccccc43)c2c1. The highest BCUT2D eigenvalue weighted by Gasteiger charge is 2.19. The zero-order valence-electron chi connectivity index (χ0n) is 15.9. The molecule has 0 N–H and O–H groups in total. The highest BCUT2D eigenvalue weighted by atomic mass is 28.3. The fourth-order valence-electron chi connectivity index (χ4n) is 3.95. The minimum atomic E-state index is -1.40. The molecule has 0 amide bonds. The van der Waals surface area contributed by atoms with Crippen LogP contribution in [-0.2, 0) is 0 Å². The van der Waals surface area contributed by atoms with E-state index in [0.29, 0.717) is 0 Å². The average Bonchev–Trinajstić information content (AvgIpc) is 3.01. The molecule has 2 aromatic heterocycles. The predicted molar refractivity (Wildman–Crippen MR) is 119 cm³/mol. The smallest absolute Gasteiger partial charge is 0.145 e. The number of hydrogen-bond acceptors (Lipinski definition) is 1. The van der Waals surface area contributed by atoms with Crippen molar-refractivity contribution in [2.45, 2.75) is 19.6 Å². The van der Waals surface area contributed by atoms with Crippen LogP contribution in [0.5, 0.6) is 0 Å². The number of para-hydroxylation sites is 2. The van der Waals surface area contributed by atoms with Gasteiger partial charge in [0.2, 0.25) is 0 Å².